The molecule has 3 amide bonds. The highest BCUT2D eigenvalue weighted by Crippen LogP contribution is 2.52. The van der Waals surface area contributed by atoms with Gasteiger partial charge in [-0.1, -0.05) is 24.3 Å². The number of rotatable bonds is 5. The highest BCUT2D eigenvalue weighted by molar-refractivity contribution is 6.06. The van der Waals surface area contributed by atoms with Crippen molar-refractivity contribution in [3.8, 4) is 0 Å². The Labute approximate surface area is 135 Å². The molecule has 0 spiro atoms. The Balaban J connectivity index is 1.26. The molecular weight excluding hydrogens is 292 g/mol. The second-order valence-corrected chi connectivity index (χ2v) is 7.11. The van der Waals surface area contributed by atoms with Gasteiger partial charge in [-0.05, 0) is 37.5 Å². The molecule has 0 aromatic rings. The molecule has 2 fully saturated rings. The van der Waals surface area contributed by atoms with Gasteiger partial charge >= 0.3 is 0 Å². The Bertz CT molecular complexity index is 571. The van der Waals surface area contributed by atoms with Crippen molar-refractivity contribution in [3.05, 3.63) is 24.3 Å². The van der Waals surface area contributed by atoms with E-state index in [1.165, 1.54) is 4.90 Å². The van der Waals surface area contributed by atoms with Gasteiger partial charge in [0.1, 0.15) is 0 Å². The average Bonchev–Trinajstić information content (AvgIpc) is 3.30. The molecule has 122 valence electrons. The van der Waals surface area contributed by atoms with Crippen LogP contribution in [0.5, 0.6) is 0 Å². The third kappa shape index (κ3) is 2.33. The van der Waals surface area contributed by atoms with Crippen LogP contribution in [0.3, 0.4) is 0 Å². The van der Waals surface area contributed by atoms with Gasteiger partial charge in [0.25, 0.3) is 0 Å². The average molecular weight is 314 g/mol. The first-order valence-electron chi connectivity index (χ1n) is 8.63. The summed E-state index contributed by atoms with van der Waals surface area (Å²) in [4.78, 5) is 38.4. The number of nitrogens with one attached hydrogen (secondary N) is 1. The third-order valence-electron chi connectivity index (χ3n) is 5.80. The summed E-state index contributed by atoms with van der Waals surface area (Å²) in [7, 11) is 0. The highest BCUT2D eigenvalue weighted by atomic mass is 16.2. The number of allylic oxidation sites excluding steroid dienone is 4. The smallest absolute Gasteiger partial charge is 0.233 e. The zero-order valence-corrected chi connectivity index (χ0v) is 13.1. The van der Waals surface area contributed by atoms with Crippen LogP contribution in [-0.4, -0.2) is 35.7 Å². The lowest BCUT2D eigenvalue weighted by atomic mass is 9.85. The molecule has 0 aromatic carbocycles. The minimum atomic E-state index is -0.114. The zero-order valence-electron chi connectivity index (χ0n) is 13.1. The van der Waals surface area contributed by atoms with Crippen molar-refractivity contribution in [1.82, 2.24) is 10.2 Å². The van der Waals surface area contributed by atoms with Crippen LogP contribution >= 0.6 is 0 Å². The van der Waals surface area contributed by atoms with Crippen LogP contribution in [0.15, 0.2) is 24.3 Å². The summed E-state index contributed by atoms with van der Waals surface area (Å²) in [5.74, 6) is 0.445. The Morgan fingerprint density at radius 3 is 2.30 bits per heavy atom. The maximum absolute atomic E-state index is 12.5. The van der Waals surface area contributed by atoms with Crippen LogP contribution in [0, 0.1) is 29.6 Å². The molecule has 23 heavy (non-hydrogen) atoms. The SMILES string of the molecule is O=C(NCCCN1C(=O)[C@@H]2[C@H](C1=O)[C@H]1C=C[C@H]2C1)C1CC=CC1. The monoisotopic (exact) mass is 314 g/mol. The van der Waals surface area contributed by atoms with Gasteiger partial charge in [-0.3, -0.25) is 19.3 Å². The minimum Gasteiger partial charge on any atom is -0.356 e. The van der Waals surface area contributed by atoms with Crippen molar-refractivity contribution in [1.29, 1.82) is 0 Å². The molecular formula is C18H22N2O3. The predicted octanol–water partition coefficient (Wildman–Crippen LogP) is 1.27. The summed E-state index contributed by atoms with van der Waals surface area (Å²) in [6.45, 7) is 0.945. The van der Waals surface area contributed by atoms with E-state index in [0.29, 0.717) is 19.5 Å². The summed E-state index contributed by atoms with van der Waals surface area (Å²) in [5.41, 5.74) is 0. The summed E-state index contributed by atoms with van der Waals surface area (Å²) in [6.07, 6.45) is 11.5. The van der Waals surface area contributed by atoms with Gasteiger partial charge in [-0.25, -0.2) is 0 Å². The van der Waals surface area contributed by atoms with Crippen LogP contribution in [0.2, 0.25) is 0 Å². The minimum absolute atomic E-state index is 0.00293. The van der Waals surface area contributed by atoms with Crippen molar-refractivity contribution in [3.63, 3.8) is 0 Å². The fourth-order valence-electron chi connectivity index (χ4n) is 4.61. The lowest BCUT2D eigenvalue weighted by Crippen LogP contribution is -2.36. The molecule has 1 saturated carbocycles. The Kier molecular flexibility index (Phi) is 3.58. The second kappa shape index (κ2) is 5.62. The Morgan fingerprint density at radius 1 is 1.09 bits per heavy atom. The van der Waals surface area contributed by atoms with Crippen molar-refractivity contribution >= 4 is 17.7 Å². The number of carbonyl (C=O) groups is 3. The van der Waals surface area contributed by atoms with E-state index in [1.807, 2.05) is 12.2 Å². The van der Waals surface area contributed by atoms with E-state index in [0.717, 1.165) is 19.3 Å². The molecule has 1 N–H and O–H groups in total. The van der Waals surface area contributed by atoms with E-state index in [9.17, 15) is 14.4 Å². The molecule has 4 aliphatic rings. The van der Waals surface area contributed by atoms with Gasteiger partial charge in [0.2, 0.25) is 17.7 Å². The molecule has 0 radical (unpaired) electrons. The van der Waals surface area contributed by atoms with Crippen molar-refractivity contribution in [2.75, 3.05) is 13.1 Å². The number of likely N-dealkylation sites (tertiary alicyclic amines) is 1. The maximum atomic E-state index is 12.5. The number of nitrogens with zero attached hydrogens (tertiary/aromatic N) is 1. The van der Waals surface area contributed by atoms with E-state index in [2.05, 4.69) is 17.5 Å². The fourth-order valence-corrected chi connectivity index (χ4v) is 4.61. The first-order valence-corrected chi connectivity index (χ1v) is 8.63. The molecule has 4 rings (SSSR count). The number of imide groups is 1. The fraction of sp³-hybridized carbons (Fsp3) is 0.611. The van der Waals surface area contributed by atoms with E-state index in [1.54, 1.807) is 0 Å². The van der Waals surface area contributed by atoms with Crippen molar-refractivity contribution < 1.29 is 14.4 Å². The van der Waals surface area contributed by atoms with Crippen LogP contribution in [0.25, 0.3) is 0 Å². The second-order valence-electron chi connectivity index (χ2n) is 7.11. The molecule has 0 aromatic heterocycles. The zero-order chi connectivity index (χ0) is 16.0. The Morgan fingerprint density at radius 2 is 1.70 bits per heavy atom. The predicted molar refractivity (Wildman–Crippen MR) is 83.9 cm³/mol. The quantitative estimate of drug-likeness (QED) is 0.472. The standard InChI is InChI=1S/C18H22N2O3/c21-16(11-4-1-2-5-11)19-8-3-9-20-17(22)14-12-6-7-13(10-12)15(14)18(20)23/h1-2,6-7,11-15H,3-5,8-10H2,(H,19,21)/t12-,13-,14-,15+/m0/s1. The van der Waals surface area contributed by atoms with Gasteiger partial charge in [-0.15, -0.1) is 0 Å². The Hall–Kier alpha value is -1.91. The highest BCUT2D eigenvalue weighted by Gasteiger charge is 2.58. The topological polar surface area (TPSA) is 66.5 Å². The van der Waals surface area contributed by atoms with Crippen LogP contribution in [0.1, 0.15) is 25.7 Å². The normalized spacial score (nSPS) is 34.7. The van der Waals surface area contributed by atoms with E-state index >= 15 is 0 Å². The molecule has 2 bridgehead atoms. The summed E-state index contributed by atoms with van der Waals surface area (Å²) in [6, 6.07) is 0. The van der Waals surface area contributed by atoms with Crippen LogP contribution in [0.4, 0.5) is 0 Å². The maximum Gasteiger partial charge on any atom is 0.233 e. The molecule has 3 aliphatic carbocycles. The van der Waals surface area contributed by atoms with Gasteiger partial charge in [-0.2, -0.15) is 0 Å². The molecule has 1 heterocycles. The summed E-state index contributed by atoms with van der Waals surface area (Å²) in [5, 5.41) is 2.92. The number of amides is 3. The van der Waals surface area contributed by atoms with Gasteiger partial charge in [0.05, 0.1) is 11.8 Å². The number of fused-ring (bicyclic) bond motifs is 5. The molecule has 1 aliphatic heterocycles. The van der Waals surface area contributed by atoms with Gasteiger partial charge in [0, 0.05) is 19.0 Å². The lowest BCUT2D eigenvalue weighted by molar-refractivity contribution is -0.140. The number of hydrogen-bond donors (Lipinski definition) is 1. The van der Waals surface area contributed by atoms with Crippen molar-refractivity contribution in [2.24, 2.45) is 29.6 Å². The number of hydrogen-bond acceptors (Lipinski definition) is 3. The van der Waals surface area contributed by atoms with Gasteiger partial charge < -0.3 is 5.32 Å². The van der Waals surface area contributed by atoms with E-state index < -0.39 is 0 Å². The van der Waals surface area contributed by atoms with Crippen LogP contribution in [-0.2, 0) is 14.4 Å². The molecule has 5 heteroatoms. The largest absolute Gasteiger partial charge is 0.356 e. The third-order valence-corrected chi connectivity index (χ3v) is 5.80. The lowest BCUT2D eigenvalue weighted by Gasteiger charge is -2.17. The van der Waals surface area contributed by atoms with Gasteiger partial charge in [0.15, 0.2) is 0 Å². The van der Waals surface area contributed by atoms with E-state index in [4.69, 9.17) is 0 Å². The van der Waals surface area contributed by atoms with E-state index in [-0.39, 0.29) is 47.3 Å². The first kappa shape index (κ1) is 14.7. The first-order chi connectivity index (χ1) is 11.2. The number of carbonyl (C=O) groups excluding carboxylic acids is 3. The molecule has 1 saturated heterocycles. The summed E-state index contributed by atoms with van der Waals surface area (Å²) < 4.78 is 0. The molecule has 5 nitrogen and oxygen atoms in total. The molecule has 0 unspecified atom stereocenters. The van der Waals surface area contributed by atoms with Crippen LogP contribution < -0.4 is 5.32 Å². The van der Waals surface area contributed by atoms with Crippen molar-refractivity contribution in [2.45, 2.75) is 25.7 Å². The molecule has 4 atom stereocenters. The summed E-state index contributed by atoms with van der Waals surface area (Å²) >= 11 is 0.